The highest BCUT2D eigenvalue weighted by Crippen LogP contribution is 2.16. The molecule has 0 heterocycles. The van der Waals surface area contributed by atoms with Crippen molar-refractivity contribution >= 4 is 17.6 Å². The smallest absolute Gasteiger partial charge is 0.338 e. The zero-order valence-corrected chi connectivity index (χ0v) is 13.9. The molecular weight excluding hydrogens is 306 g/mol. The maximum atomic E-state index is 12.3. The van der Waals surface area contributed by atoms with E-state index in [9.17, 15) is 9.59 Å². The van der Waals surface area contributed by atoms with Gasteiger partial charge >= 0.3 is 5.97 Å². The van der Waals surface area contributed by atoms with Crippen LogP contribution in [0.3, 0.4) is 0 Å². The number of anilines is 1. The lowest BCUT2D eigenvalue weighted by atomic mass is 10.1. The van der Waals surface area contributed by atoms with Crippen LogP contribution >= 0.6 is 0 Å². The molecule has 0 unspecified atom stereocenters. The van der Waals surface area contributed by atoms with Crippen LogP contribution in [0.15, 0.2) is 48.5 Å². The minimum atomic E-state index is -0.411. The van der Waals surface area contributed by atoms with Crippen LogP contribution in [0.1, 0.15) is 41.0 Å². The number of hydrogen-bond donors (Lipinski definition) is 1. The van der Waals surface area contributed by atoms with Crippen molar-refractivity contribution in [1.82, 2.24) is 0 Å². The van der Waals surface area contributed by atoms with E-state index < -0.39 is 5.97 Å². The second-order valence-electron chi connectivity index (χ2n) is 5.13. The molecule has 0 saturated heterocycles. The van der Waals surface area contributed by atoms with Gasteiger partial charge in [0.15, 0.2) is 0 Å². The molecule has 1 N–H and O–H groups in total. The summed E-state index contributed by atoms with van der Waals surface area (Å²) in [5.74, 6) is 0.0711. The van der Waals surface area contributed by atoms with Crippen LogP contribution in [-0.2, 0) is 4.74 Å². The van der Waals surface area contributed by atoms with Gasteiger partial charge in [-0.1, -0.05) is 13.0 Å². The second kappa shape index (κ2) is 8.72. The number of hydrogen-bond acceptors (Lipinski definition) is 4. The molecule has 5 nitrogen and oxygen atoms in total. The van der Waals surface area contributed by atoms with Crippen LogP contribution in [0.25, 0.3) is 0 Å². The normalized spacial score (nSPS) is 10.1. The molecule has 0 aliphatic carbocycles. The minimum absolute atomic E-state index is 0.252. The average molecular weight is 327 g/mol. The van der Waals surface area contributed by atoms with E-state index in [2.05, 4.69) is 5.32 Å². The van der Waals surface area contributed by atoms with E-state index in [4.69, 9.17) is 9.47 Å². The molecule has 126 valence electrons. The number of benzene rings is 2. The number of carbonyl (C=O) groups is 2. The Bertz CT molecular complexity index is 695. The van der Waals surface area contributed by atoms with E-state index in [1.807, 2.05) is 6.92 Å². The molecule has 0 aliphatic rings. The second-order valence-corrected chi connectivity index (χ2v) is 5.13. The van der Waals surface area contributed by atoms with Gasteiger partial charge in [0.05, 0.1) is 18.8 Å². The Labute approximate surface area is 141 Å². The van der Waals surface area contributed by atoms with Crippen molar-refractivity contribution in [1.29, 1.82) is 0 Å². The number of nitrogens with one attached hydrogen (secondary N) is 1. The van der Waals surface area contributed by atoms with Crippen LogP contribution < -0.4 is 10.1 Å². The van der Waals surface area contributed by atoms with Gasteiger partial charge in [0.25, 0.3) is 5.91 Å². The molecule has 0 atom stereocenters. The standard InChI is InChI=1S/C19H21NO4/c1-3-12-24-17-10-8-14(9-11-17)18(21)20-16-7-5-6-15(13-16)19(22)23-4-2/h5-11,13H,3-4,12H2,1-2H3,(H,20,21). The van der Waals surface area contributed by atoms with Crippen LogP contribution in [0.4, 0.5) is 5.69 Å². The van der Waals surface area contributed by atoms with Crippen molar-refractivity contribution in [2.24, 2.45) is 0 Å². The Hall–Kier alpha value is -2.82. The Balaban J connectivity index is 2.04. The molecule has 2 aromatic rings. The lowest BCUT2D eigenvalue weighted by Crippen LogP contribution is -2.12. The van der Waals surface area contributed by atoms with Gasteiger partial charge in [0.2, 0.25) is 0 Å². The first kappa shape index (κ1) is 17.5. The third kappa shape index (κ3) is 4.84. The highest BCUT2D eigenvalue weighted by atomic mass is 16.5. The van der Waals surface area contributed by atoms with Gasteiger partial charge in [-0.15, -0.1) is 0 Å². The van der Waals surface area contributed by atoms with Crippen molar-refractivity contribution in [3.05, 3.63) is 59.7 Å². The molecular formula is C19H21NO4. The molecule has 0 fully saturated rings. The highest BCUT2D eigenvalue weighted by molar-refractivity contribution is 6.04. The van der Waals surface area contributed by atoms with E-state index in [1.54, 1.807) is 55.5 Å². The van der Waals surface area contributed by atoms with Gasteiger partial charge in [-0.3, -0.25) is 4.79 Å². The fourth-order valence-corrected chi connectivity index (χ4v) is 2.06. The zero-order valence-electron chi connectivity index (χ0n) is 13.9. The summed E-state index contributed by atoms with van der Waals surface area (Å²) in [5, 5.41) is 2.77. The summed E-state index contributed by atoms with van der Waals surface area (Å²) >= 11 is 0. The third-order valence-corrected chi connectivity index (χ3v) is 3.22. The third-order valence-electron chi connectivity index (χ3n) is 3.22. The molecule has 2 rings (SSSR count). The average Bonchev–Trinajstić information content (AvgIpc) is 2.61. The summed E-state index contributed by atoms with van der Waals surface area (Å²) in [5.41, 5.74) is 1.45. The molecule has 1 amide bonds. The summed E-state index contributed by atoms with van der Waals surface area (Å²) in [6.45, 7) is 4.73. The number of esters is 1. The molecule has 0 bridgehead atoms. The monoisotopic (exact) mass is 327 g/mol. The maximum absolute atomic E-state index is 12.3. The van der Waals surface area contributed by atoms with Crippen LogP contribution in [0.5, 0.6) is 5.75 Å². The first-order valence-electron chi connectivity index (χ1n) is 7.95. The van der Waals surface area contributed by atoms with Crippen molar-refractivity contribution in [2.75, 3.05) is 18.5 Å². The summed E-state index contributed by atoms with van der Waals surface area (Å²) in [7, 11) is 0. The van der Waals surface area contributed by atoms with E-state index in [0.717, 1.165) is 12.2 Å². The number of ether oxygens (including phenoxy) is 2. The van der Waals surface area contributed by atoms with Crippen LogP contribution in [0.2, 0.25) is 0 Å². The van der Waals surface area contributed by atoms with Crippen molar-refractivity contribution in [3.63, 3.8) is 0 Å². The molecule has 0 radical (unpaired) electrons. The van der Waals surface area contributed by atoms with E-state index in [0.29, 0.717) is 30.0 Å². The molecule has 2 aromatic carbocycles. The van der Waals surface area contributed by atoms with Gasteiger partial charge in [-0.05, 0) is 55.8 Å². The van der Waals surface area contributed by atoms with Gasteiger partial charge in [0.1, 0.15) is 5.75 Å². The SMILES string of the molecule is CCCOc1ccc(C(=O)Nc2cccc(C(=O)OCC)c2)cc1. The number of carbonyl (C=O) groups excluding carboxylic acids is 2. The van der Waals surface area contributed by atoms with Gasteiger partial charge in [0, 0.05) is 11.3 Å². The minimum Gasteiger partial charge on any atom is -0.494 e. The van der Waals surface area contributed by atoms with Crippen LogP contribution in [0, 0.1) is 0 Å². The summed E-state index contributed by atoms with van der Waals surface area (Å²) < 4.78 is 10.4. The van der Waals surface area contributed by atoms with Crippen molar-refractivity contribution < 1.29 is 19.1 Å². The summed E-state index contributed by atoms with van der Waals surface area (Å²) in [6, 6.07) is 13.6. The molecule has 0 saturated carbocycles. The molecule has 0 aliphatic heterocycles. The highest BCUT2D eigenvalue weighted by Gasteiger charge is 2.10. The number of rotatable bonds is 7. The Morgan fingerprint density at radius 2 is 1.75 bits per heavy atom. The largest absolute Gasteiger partial charge is 0.494 e. The predicted octanol–water partition coefficient (Wildman–Crippen LogP) is 3.90. The maximum Gasteiger partial charge on any atom is 0.338 e. The zero-order chi connectivity index (χ0) is 17.4. The Morgan fingerprint density at radius 1 is 1.00 bits per heavy atom. The van der Waals surface area contributed by atoms with Crippen LogP contribution in [-0.4, -0.2) is 25.1 Å². The fraction of sp³-hybridized carbons (Fsp3) is 0.263. The fourth-order valence-electron chi connectivity index (χ4n) is 2.06. The topological polar surface area (TPSA) is 64.6 Å². The van der Waals surface area contributed by atoms with E-state index in [-0.39, 0.29) is 5.91 Å². The summed E-state index contributed by atoms with van der Waals surface area (Å²) in [4.78, 5) is 24.0. The van der Waals surface area contributed by atoms with E-state index in [1.165, 1.54) is 0 Å². The van der Waals surface area contributed by atoms with Gasteiger partial charge in [-0.25, -0.2) is 4.79 Å². The molecule has 0 spiro atoms. The van der Waals surface area contributed by atoms with E-state index >= 15 is 0 Å². The Kier molecular flexibility index (Phi) is 6.37. The quantitative estimate of drug-likeness (QED) is 0.783. The first-order valence-corrected chi connectivity index (χ1v) is 7.95. The lowest BCUT2D eigenvalue weighted by molar-refractivity contribution is 0.0526. The predicted molar refractivity (Wildman–Crippen MR) is 92.6 cm³/mol. The van der Waals surface area contributed by atoms with Crippen molar-refractivity contribution in [3.8, 4) is 5.75 Å². The van der Waals surface area contributed by atoms with Gasteiger partial charge < -0.3 is 14.8 Å². The number of amides is 1. The Morgan fingerprint density at radius 3 is 2.42 bits per heavy atom. The first-order chi connectivity index (χ1) is 11.6. The molecule has 24 heavy (non-hydrogen) atoms. The van der Waals surface area contributed by atoms with Crippen molar-refractivity contribution in [2.45, 2.75) is 20.3 Å². The summed E-state index contributed by atoms with van der Waals surface area (Å²) in [6.07, 6.45) is 0.930. The lowest BCUT2D eigenvalue weighted by Gasteiger charge is -2.08. The molecule has 5 heteroatoms. The molecule has 0 aromatic heterocycles. The van der Waals surface area contributed by atoms with Gasteiger partial charge in [-0.2, -0.15) is 0 Å².